The first-order valence-electron chi connectivity index (χ1n) is 6.60. The van der Waals surface area contributed by atoms with E-state index in [1.807, 2.05) is 44.4 Å². The molecule has 3 heterocycles. The van der Waals surface area contributed by atoms with E-state index < -0.39 is 0 Å². The molecule has 0 atom stereocenters. The van der Waals surface area contributed by atoms with E-state index in [1.54, 1.807) is 15.9 Å². The molecule has 108 valence electrons. The molecular formula is C15H15N3O2S. The van der Waals surface area contributed by atoms with Crippen LogP contribution in [0.25, 0.3) is 10.8 Å². The Morgan fingerprint density at radius 3 is 2.76 bits per heavy atom. The van der Waals surface area contributed by atoms with Crippen molar-refractivity contribution >= 4 is 11.3 Å². The summed E-state index contributed by atoms with van der Waals surface area (Å²) >= 11 is 1.58. The normalized spacial score (nSPS) is 11.0. The Morgan fingerprint density at radius 1 is 1.29 bits per heavy atom. The van der Waals surface area contributed by atoms with Gasteiger partial charge in [0, 0.05) is 11.4 Å². The number of aryl methyl sites for hydroxylation is 3. The second-order valence-corrected chi connectivity index (χ2v) is 5.85. The molecular weight excluding hydrogens is 286 g/mol. The monoisotopic (exact) mass is 301 g/mol. The minimum Gasteiger partial charge on any atom is -0.440 e. The fraction of sp³-hybridized carbons (Fsp3) is 0.267. The zero-order valence-electron chi connectivity index (χ0n) is 12.1. The summed E-state index contributed by atoms with van der Waals surface area (Å²) in [6.45, 7) is 5.95. The second kappa shape index (κ2) is 5.29. The third-order valence-corrected chi connectivity index (χ3v) is 4.14. The SMILES string of the molecule is Cc1cc(C)n(Cc2nc(-c3cccs3)oc2C)c(=O)n1. The molecule has 0 spiro atoms. The van der Waals surface area contributed by atoms with Gasteiger partial charge in [-0.25, -0.2) is 9.78 Å². The van der Waals surface area contributed by atoms with Crippen molar-refractivity contribution in [1.82, 2.24) is 14.5 Å². The lowest BCUT2D eigenvalue weighted by molar-refractivity contribution is 0.537. The van der Waals surface area contributed by atoms with Crippen LogP contribution in [0.2, 0.25) is 0 Å². The van der Waals surface area contributed by atoms with E-state index in [2.05, 4.69) is 9.97 Å². The summed E-state index contributed by atoms with van der Waals surface area (Å²) < 4.78 is 7.31. The first-order chi connectivity index (χ1) is 10.0. The van der Waals surface area contributed by atoms with E-state index in [0.717, 1.165) is 27.7 Å². The number of nitrogens with zero attached hydrogens (tertiary/aromatic N) is 3. The first kappa shape index (κ1) is 13.8. The van der Waals surface area contributed by atoms with Crippen LogP contribution < -0.4 is 5.69 Å². The van der Waals surface area contributed by atoms with Gasteiger partial charge in [0.15, 0.2) is 0 Å². The second-order valence-electron chi connectivity index (χ2n) is 4.91. The number of hydrogen-bond donors (Lipinski definition) is 0. The van der Waals surface area contributed by atoms with Crippen molar-refractivity contribution in [2.24, 2.45) is 0 Å². The highest BCUT2D eigenvalue weighted by molar-refractivity contribution is 7.13. The largest absolute Gasteiger partial charge is 0.440 e. The molecule has 0 N–H and O–H groups in total. The Bertz CT molecular complexity index is 831. The molecule has 0 radical (unpaired) electrons. The maximum Gasteiger partial charge on any atom is 0.348 e. The molecule has 0 bridgehead atoms. The van der Waals surface area contributed by atoms with Gasteiger partial charge in [0.05, 0.1) is 11.4 Å². The van der Waals surface area contributed by atoms with Gasteiger partial charge >= 0.3 is 5.69 Å². The maximum absolute atomic E-state index is 12.0. The van der Waals surface area contributed by atoms with Crippen LogP contribution in [0.4, 0.5) is 0 Å². The molecule has 6 heteroatoms. The van der Waals surface area contributed by atoms with Gasteiger partial charge in [0.2, 0.25) is 5.89 Å². The van der Waals surface area contributed by atoms with Crippen molar-refractivity contribution in [1.29, 1.82) is 0 Å². The quantitative estimate of drug-likeness (QED) is 0.746. The molecule has 0 amide bonds. The average Bonchev–Trinajstić information content (AvgIpc) is 3.03. The summed E-state index contributed by atoms with van der Waals surface area (Å²) in [6.07, 6.45) is 0. The summed E-state index contributed by atoms with van der Waals surface area (Å²) in [7, 11) is 0. The Labute approximate surface area is 125 Å². The van der Waals surface area contributed by atoms with E-state index in [9.17, 15) is 4.79 Å². The Kier molecular flexibility index (Phi) is 3.47. The number of thiophene rings is 1. The molecule has 0 aromatic carbocycles. The fourth-order valence-electron chi connectivity index (χ4n) is 2.20. The van der Waals surface area contributed by atoms with Gasteiger partial charge in [-0.15, -0.1) is 11.3 Å². The molecule has 3 rings (SSSR count). The lowest BCUT2D eigenvalue weighted by atomic mass is 10.3. The minimum absolute atomic E-state index is 0.257. The zero-order valence-corrected chi connectivity index (χ0v) is 12.9. The summed E-state index contributed by atoms with van der Waals surface area (Å²) in [5, 5.41) is 1.98. The van der Waals surface area contributed by atoms with E-state index in [0.29, 0.717) is 12.4 Å². The fourth-order valence-corrected chi connectivity index (χ4v) is 2.85. The van der Waals surface area contributed by atoms with Crippen molar-refractivity contribution in [3.05, 3.63) is 56.9 Å². The smallest absolute Gasteiger partial charge is 0.348 e. The molecule has 5 nitrogen and oxygen atoms in total. The van der Waals surface area contributed by atoms with E-state index in [1.165, 1.54) is 0 Å². The summed E-state index contributed by atoms with van der Waals surface area (Å²) in [5.74, 6) is 1.33. The van der Waals surface area contributed by atoms with Gasteiger partial charge in [-0.1, -0.05) is 6.07 Å². The Balaban J connectivity index is 1.98. The van der Waals surface area contributed by atoms with Gasteiger partial charge < -0.3 is 4.42 Å². The zero-order chi connectivity index (χ0) is 15.0. The molecule has 21 heavy (non-hydrogen) atoms. The topological polar surface area (TPSA) is 60.9 Å². The molecule has 0 saturated carbocycles. The van der Waals surface area contributed by atoms with Crippen molar-refractivity contribution in [2.45, 2.75) is 27.3 Å². The molecule has 0 aliphatic carbocycles. The number of rotatable bonds is 3. The Hall–Kier alpha value is -2.21. The van der Waals surface area contributed by atoms with Crippen molar-refractivity contribution in [2.75, 3.05) is 0 Å². The van der Waals surface area contributed by atoms with Gasteiger partial charge in [-0.05, 0) is 38.3 Å². The third kappa shape index (κ3) is 2.67. The maximum atomic E-state index is 12.0. The standard InChI is InChI=1S/C15H15N3O2S/c1-9-7-10(2)18(15(19)16-9)8-12-11(3)20-14(17-12)13-5-4-6-21-13/h4-7H,8H2,1-3H3. The van der Waals surface area contributed by atoms with Crippen LogP contribution >= 0.6 is 11.3 Å². The van der Waals surface area contributed by atoms with Gasteiger partial charge in [-0.3, -0.25) is 4.57 Å². The predicted octanol–water partition coefficient (Wildman–Crippen LogP) is 2.93. The Morgan fingerprint density at radius 2 is 2.10 bits per heavy atom. The van der Waals surface area contributed by atoms with Crippen LogP contribution in [-0.4, -0.2) is 14.5 Å². The molecule has 0 fully saturated rings. The van der Waals surface area contributed by atoms with Crippen molar-refractivity contribution in [3.63, 3.8) is 0 Å². The lowest BCUT2D eigenvalue weighted by Crippen LogP contribution is -2.26. The summed E-state index contributed by atoms with van der Waals surface area (Å²) in [5.41, 5.74) is 2.10. The van der Waals surface area contributed by atoms with Gasteiger partial charge in [-0.2, -0.15) is 4.98 Å². The van der Waals surface area contributed by atoms with Crippen LogP contribution in [0.3, 0.4) is 0 Å². The molecule has 0 unspecified atom stereocenters. The first-order valence-corrected chi connectivity index (χ1v) is 7.48. The molecule has 0 aliphatic heterocycles. The molecule has 0 saturated heterocycles. The van der Waals surface area contributed by atoms with Crippen molar-refractivity contribution < 1.29 is 4.42 Å². The predicted molar refractivity (Wildman–Crippen MR) is 81.6 cm³/mol. The number of aromatic nitrogens is 3. The van der Waals surface area contributed by atoms with E-state index >= 15 is 0 Å². The molecule has 3 aromatic heterocycles. The summed E-state index contributed by atoms with van der Waals surface area (Å²) in [6, 6.07) is 5.80. The van der Waals surface area contributed by atoms with Crippen molar-refractivity contribution in [3.8, 4) is 10.8 Å². The number of hydrogen-bond acceptors (Lipinski definition) is 5. The van der Waals surface area contributed by atoms with Crippen LogP contribution in [0.1, 0.15) is 22.8 Å². The van der Waals surface area contributed by atoms with Gasteiger partial charge in [0.25, 0.3) is 0 Å². The molecule has 0 aliphatic rings. The highest BCUT2D eigenvalue weighted by atomic mass is 32.1. The average molecular weight is 301 g/mol. The third-order valence-electron chi connectivity index (χ3n) is 3.28. The van der Waals surface area contributed by atoms with Crippen LogP contribution in [0.5, 0.6) is 0 Å². The van der Waals surface area contributed by atoms with E-state index in [-0.39, 0.29) is 5.69 Å². The highest BCUT2D eigenvalue weighted by Crippen LogP contribution is 2.26. The lowest BCUT2D eigenvalue weighted by Gasteiger charge is -2.07. The van der Waals surface area contributed by atoms with Gasteiger partial charge in [0.1, 0.15) is 11.5 Å². The summed E-state index contributed by atoms with van der Waals surface area (Å²) in [4.78, 5) is 21.5. The van der Waals surface area contributed by atoms with E-state index in [4.69, 9.17) is 4.42 Å². The van der Waals surface area contributed by atoms with Crippen LogP contribution in [0, 0.1) is 20.8 Å². The highest BCUT2D eigenvalue weighted by Gasteiger charge is 2.14. The number of oxazole rings is 1. The molecule has 3 aromatic rings. The van der Waals surface area contributed by atoms with Crippen LogP contribution in [-0.2, 0) is 6.54 Å². The van der Waals surface area contributed by atoms with Crippen LogP contribution in [0.15, 0.2) is 32.8 Å². The minimum atomic E-state index is -0.257.